The maximum Gasteiger partial charge on any atom is 0.178 e. The van der Waals surface area contributed by atoms with Gasteiger partial charge in [0.1, 0.15) is 11.4 Å². The number of para-hydroxylation sites is 2. The van der Waals surface area contributed by atoms with Crippen LogP contribution in [0.1, 0.15) is 6.92 Å². The van der Waals surface area contributed by atoms with Crippen molar-refractivity contribution < 1.29 is 4.74 Å². The lowest BCUT2D eigenvalue weighted by atomic mass is 10.1. The molecule has 0 radical (unpaired) electrons. The normalized spacial score (nSPS) is 10.8. The fourth-order valence-electron chi connectivity index (χ4n) is 2.76. The molecule has 2 aromatic heterocycles. The van der Waals surface area contributed by atoms with Gasteiger partial charge in [-0.2, -0.15) is 0 Å². The van der Waals surface area contributed by atoms with E-state index in [-0.39, 0.29) is 0 Å². The molecule has 4 nitrogen and oxygen atoms in total. The van der Waals surface area contributed by atoms with Gasteiger partial charge in [-0.15, -0.1) is 0 Å². The summed E-state index contributed by atoms with van der Waals surface area (Å²) in [5.74, 6) is 1.45. The van der Waals surface area contributed by atoms with Crippen LogP contribution < -0.4 is 4.74 Å². The Balaban J connectivity index is 1.79. The quantitative estimate of drug-likeness (QED) is 0.542. The molecule has 0 aliphatic heterocycles. The molecule has 0 aliphatic carbocycles. The number of hydrogen-bond donors (Lipinski definition) is 0. The summed E-state index contributed by atoms with van der Waals surface area (Å²) in [6.07, 6.45) is 1.83. The third-order valence-corrected chi connectivity index (χ3v) is 3.93. The van der Waals surface area contributed by atoms with Crippen LogP contribution >= 0.6 is 0 Å². The van der Waals surface area contributed by atoms with Gasteiger partial charge < -0.3 is 4.74 Å². The minimum absolute atomic E-state index is 0.616. The van der Waals surface area contributed by atoms with Crippen LogP contribution in [-0.4, -0.2) is 21.6 Å². The van der Waals surface area contributed by atoms with Gasteiger partial charge in [0.15, 0.2) is 5.82 Å². The summed E-state index contributed by atoms with van der Waals surface area (Å²) >= 11 is 0. The van der Waals surface area contributed by atoms with Crippen LogP contribution in [-0.2, 0) is 0 Å². The van der Waals surface area contributed by atoms with Gasteiger partial charge in [0.25, 0.3) is 0 Å². The molecule has 0 amide bonds. The van der Waals surface area contributed by atoms with Crippen molar-refractivity contribution in [2.24, 2.45) is 0 Å². The third-order valence-electron chi connectivity index (χ3n) is 3.93. The largest absolute Gasteiger partial charge is 0.493 e. The molecule has 4 rings (SSSR count). The van der Waals surface area contributed by atoms with E-state index in [1.807, 2.05) is 79.9 Å². The first-order valence-electron chi connectivity index (χ1n) is 8.26. The molecule has 0 saturated carbocycles. The molecular formula is C21H17N3O. The SMILES string of the molecule is CCOc1ccccc1-c1cccc(-c2ncc3ccccc3n2)n1. The Labute approximate surface area is 146 Å². The monoisotopic (exact) mass is 327 g/mol. The van der Waals surface area contributed by atoms with E-state index in [0.29, 0.717) is 12.4 Å². The second-order valence-corrected chi connectivity index (χ2v) is 5.59. The molecule has 0 spiro atoms. The fourth-order valence-corrected chi connectivity index (χ4v) is 2.76. The number of benzene rings is 2. The van der Waals surface area contributed by atoms with Crippen molar-refractivity contribution in [1.82, 2.24) is 15.0 Å². The lowest BCUT2D eigenvalue weighted by molar-refractivity contribution is 0.341. The number of fused-ring (bicyclic) bond motifs is 1. The maximum absolute atomic E-state index is 5.72. The van der Waals surface area contributed by atoms with Gasteiger partial charge >= 0.3 is 0 Å². The Morgan fingerprint density at radius 2 is 1.60 bits per heavy atom. The van der Waals surface area contributed by atoms with E-state index in [4.69, 9.17) is 9.72 Å². The minimum atomic E-state index is 0.616. The van der Waals surface area contributed by atoms with Gasteiger partial charge in [-0.25, -0.2) is 15.0 Å². The molecule has 0 atom stereocenters. The lowest BCUT2D eigenvalue weighted by Crippen LogP contribution is -1.97. The predicted octanol–water partition coefficient (Wildman–Crippen LogP) is 4.76. The van der Waals surface area contributed by atoms with Crippen molar-refractivity contribution >= 4 is 10.9 Å². The van der Waals surface area contributed by atoms with Gasteiger partial charge in [-0.3, -0.25) is 0 Å². The Hall–Kier alpha value is -3.27. The molecule has 2 aromatic carbocycles. The zero-order valence-electron chi connectivity index (χ0n) is 13.9. The number of nitrogens with zero attached hydrogens (tertiary/aromatic N) is 3. The van der Waals surface area contributed by atoms with Gasteiger partial charge in [-0.05, 0) is 37.3 Å². The molecule has 0 unspecified atom stereocenters. The van der Waals surface area contributed by atoms with E-state index in [1.165, 1.54) is 0 Å². The Morgan fingerprint density at radius 3 is 2.52 bits per heavy atom. The topological polar surface area (TPSA) is 47.9 Å². The van der Waals surface area contributed by atoms with Crippen molar-refractivity contribution in [3.05, 3.63) is 72.9 Å². The molecule has 25 heavy (non-hydrogen) atoms. The van der Waals surface area contributed by atoms with Crippen molar-refractivity contribution in [2.75, 3.05) is 6.61 Å². The highest BCUT2D eigenvalue weighted by atomic mass is 16.5. The zero-order chi connectivity index (χ0) is 17.1. The summed E-state index contributed by atoms with van der Waals surface area (Å²) in [6.45, 7) is 2.59. The Kier molecular flexibility index (Phi) is 4.09. The highest BCUT2D eigenvalue weighted by Crippen LogP contribution is 2.29. The first-order valence-corrected chi connectivity index (χ1v) is 8.26. The average Bonchev–Trinajstić information content (AvgIpc) is 2.68. The Bertz CT molecular complexity index is 1030. The van der Waals surface area contributed by atoms with Crippen molar-refractivity contribution in [3.63, 3.8) is 0 Å². The van der Waals surface area contributed by atoms with E-state index in [1.54, 1.807) is 0 Å². The average molecular weight is 327 g/mol. The van der Waals surface area contributed by atoms with E-state index in [9.17, 15) is 0 Å². The lowest BCUT2D eigenvalue weighted by Gasteiger charge is -2.10. The molecule has 0 N–H and O–H groups in total. The van der Waals surface area contributed by atoms with Crippen molar-refractivity contribution in [2.45, 2.75) is 6.92 Å². The standard InChI is InChI=1S/C21H17N3O/c1-2-25-20-13-6-4-9-16(20)18-11-7-12-19(23-18)21-22-14-15-8-3-5-10-17(15)24-21/h3-14H,2H2,1H3. The summed E-state index contributed by atoms with van der Waals surface area (Å²) in [5, 5.41) is 1.02. The summed E-state index contributed by atoms with van der Waals surface area (Å²) in [4.78, 5) is 13.9. The van der Waals surface area contributed by atoms with Gasteiger partial charge in [0.05, 0.1) is 17.8 Å². The van der Waals surface area contributed by atoms with Crippen LogP contribution in [0.3, 0.4) is 0 Å². The predicted molar refractivity (Wildman–Crippen MR) is 99.4 cm³/mol. The molecular weight excluding hydrogens is 310 g/mol. The van der Waals surface area contributed by atoms with Crippen LogP contribution in [0.15, 0.2) is 72.9 Å². The van der Waals surface area contributed by atoms with Gasteiger partial charge in [0, 0.05) is 17.1 Å². The maximum atomic E-state index is 5.72. The smallest absolute Gasteiger partial charge is 0.178 e. The molecule has 4 aromatic rings. The van der Waals surface area contributed by atoms with E-state index >= 15 is 0 Å². The number of ether oxygens (including phenoxy) is 1. The molecule has 2 heterocycles. The highest BCUT2D eigenvalue weighted by molar-refractivity contribution is 5.79. The second kappa shape index (κ2) is 6.69. The summed E-state index contributed by atoms with van der Waals surface area (Å²) < 4.78 is 5.72. The van der Waals surface area contributed by atoms with E-state index in [2.05, 4.69) is 9.97 Å². The van der Waals surface area contributed by atoms with Crippen LogP contribution in [0.4, 0.5) is 0 Å². The summed E-state index contributed by atoms with van der Waals surface area (Å²) in [6, 6.07) is 21.7. The van der Waals surface area contributed by atoms with Crippen molar-refractivity contribution in [1.29, 1.82) is 0 Å². The zero-order valence-corrected chi connectivity index (χ0v) is 13.9. The van der Waals surface area contributed by atoms with Crippen LogP contribution in [0.25, 0.3) is 33.7 Å². The van der Waals surface area contributed by atoms with E-state index in [0.717, 1.165) is 33.6 Å². The van der Waals surface area contributed by atoms with Crippen LogP contribution in [0, 0.1) is 0 Å². The number of pyridine rings is 1. The summed E-state index contributed by atoms with van der Waals surface area (Å²) in [5.41, 5.74) is 3.47. The van der Waals surface area contributed by atoms with Gasteiger partial charge in [-0.1, -0.05) is 36.4 Å². The van der Waals surface area contributed by atoms with Crippen LogP contribution in [0.5, 0.6) is 5.75 Å². The first-order chi connectivity index (χ1) is 12.3. The van der Waals surface area contributed by atoms with Crippen molar-refractivity contribution in [3.8, 4) is 28.5 Å². The second-order valence-electron chi connectivity index (χ2n) is 5.59. The molecule has 4 heteroatoms. The summed E-state index contributed by atoms with van der Waals surface area (Å²) in [7, 11) is 0. The van der Waals surface area contributed by atoms with Gasteiger partial charge in [0.2, 0.25) is 0 Å². The highest BCUT2D eigenvalue weighted by Gasteiger charge is 2.10. The Morgan fingerprint density at radius 1 is 0.800 bits per heavy atom. The third kappa shape index (κ3) is 3.06. The molecule has 122 valence electrons. The minimum Gasteiger partial charge on any atom is -0.493 e. The molecule has 0 fully saturated rings. The number of hydrogen-bond acceptors (Lipinski definition) is 4. The molecule has 0 bridgehead atoms. The van der Waals surface area contributed by atoms with Crippen LogP contribution in [0.2, 0.25) is 0 Å². The number of rotatable bonds is 4. The van der Waals surface area contributed by atoms with E-state index < -0.39 is 0 Å². The number of aromatic nitrogens is 3. The molecule has 0 saturated heterocycles. The first kappa shape index (κ1) is 15.3. The fraction of sp³-hybridized carbons (Fsp3) is 0.0952. The molecule has 0 aliphatic rings.